The highest BCUT2D eigenvalue weighted by Gasteiger charge is 2.28. The van der Waals surface area contributed by atoms with Crippen LogP contribution in [0.1, 0.15) is 52.6 Å². The summed E-state index contributed by atoms with van der Waals surface area (Å²) in [5.74, 6) is 0.848. The van der Waals surface area contributed by atoms with Crippen molar-refractivity contribution in [2.75, 3.05) is 7.11 Å². The fourth-order valence-corrected chi connectivity index (χ4v) is 3.35. The van der Waals surface area contributed by atoms with Crippen LogP contribution in [0.3, 0.4) is 0 Å². The average molecular weight is 428 g/mol. The molecule has 1 aliphatic rings. The molecule has 0 bridgehead atoms. The lowest BCUT2D eigenvalue weighted by atomic mass is 9.86. The molecule has 32 heavy (non-hydrogen) atoms. The van der Waals surface area contributed by atoms with Crippen molar-refractivity contribution in [1.29, 1.82) is 0 Å². The molecule has 1 aliphatic heterocycles. The molecule has 4 rings (SSSR count). The summed E-state index contributed by atoms with van der Waals surface area (Å²) in [5, 5.41) is 0. The molecule has 0 atom stereocenters. The zero-order valence-electron chi connectivity index (χ0n) is 18.5. The van der Waals surface area contributed by atoms with Gasteiger partial charge in [0, 0.05) is 6.07 Å². The summed E-state index contributed by atoms with van der Waals surface area (Å²) < 4.78 is 16.3. The van der Waals surface area contributed by atoms with Crippen LogP contribution in [0.5, 0.6) is 17.2 Å². The number of ether oxygens (including phenoxy) is 3. The Morgan fingerprint density at radius 1 is 0.906 bits per heavy atom. The fourth-order valence-electron chi connectivity index (χ4n) is 3.35. The van der Waals surface area contributed by atoms with Crippen molar-refractivity contribution >= 4 is 17.8 Å². The molecular formula is C27H24O5. The van der Waals surface area contributed by atoms with E-state index < -0.39 is 5.97 Å². The van der Waals surface area contributed by atoms with Gasteiger partial charge < -0.3 is 14.2 Å². The minimum absolute atomic E-state index is 0.0568. The number of hydrogen-bond donors (Lipinski definition) is 0. The van der Waals surface area contributed by atoms with E-state index in [4.69, 9.17) is 14.2 Å². The van der Waals surface area contributed by atoms with Crippen molar-refractivity contribution in [1.82, 2.24) is 0 Å². The van der Waals surface area contributed by atoms with Gasteiger partial charge in [0.25, 0.3) is 0 Å². The van der Waals surface area contributed by atoms with Gasteiger partial charge in [0.2, 0.25) is 5.78 Å². The summed E-state index contributed by atoms with van der Waals surface area (Å²) in [7, 11) is 1.56. The normalized spacial score (nSPS) is 14.1. The van der Waals surface area contributed by atoms with Crippen LogP contribution in [-0.4, -0.2) is 18.9 Å². The maximum Gasteiger partial charge on any atom is 0.343 e. The number of ketones is 1. The summed E-state index contributed by atoms with van der Waals surface area (Å²) in [6.07, 6.45) is 1.72. The van der Waals surface area contributed by atoms with E-state index >= 15 is 0 Å². The zero-order valence-corrected chi connectivity index (χ0v) is 18.5. The SMILES string of the molecule is COc1ccc(C(=O)Oc2ccc3c(c2)O/C(=C\c2ccc(C(C)(C)C)cc2)C3=O)cc1. The topological polar surface area (TPSA) is 61.8 Å². The Kier molecular flexibility index (Phi) is 5.57. The highest BCUT2D eigenvalue weighted by molar-refractivity contribution is 6.14. The van der Waals surface area contributed by atoms with E-state index in [1.54, 1.807) is 55.7 Å². The third-order valence-electron chi connectivity index (χ3n) is 5.25. The van der Waals surface area contributed by atoms with Crippen LogP contribution >= 0.6 is 0 Å². The number of fused-ring (bicyclic) bond motifs is 1. The standard InChI is InChI=1S/C27H24O5/c1-27(2,3)19-9-5-17(6-10-19)15-24-25(28)22-14-13-21(16-23(22)32-24)31-26(29)18-7-11-20(30-4)12-8-18/h5-16H,1-4H3/b24-15-. The Hall–Kier alpha value is -3.86. The van der Waals surface area contributed by atoms with Crippen molar-refractivity contribution < 1.29 is 23.8 Å². The largest absolute Gasteiger partial charge is 0.497 e. The van der Waals surface area contributed by atoms with Gasteiger partial charge in [-0.2, -0.15) is 0 Å². The van der Waals surface area contributed by atoms with Gasteiger partial charge in [-0.3, -0.25) is 4.79 Å². The van der Waals surface area contributed by atoms with Gasteiger partial charge in [-0.05, 0) is 59.0 Å². The summed E-state index contributed by atoms with van der Waals surface area (Å²) in [5.41, 5.74) is 2.97. The summed E-state index contributed by atoms with van der Waals surface area (Å²) in [4.78, 5) is 25.1. The molecule has 0 spiro atoms. The highest BCUT2D eigenvalue weighted by Crippen LogP contribution is 2.35. The molecular weight excluding hydrogens is 404 g/mol. The van der Waals surface area contributed by atoms with E-state index in [2.05, 4.69) is 32.9 Å². The molecule has 0 aromatic heterocycles. The van der Waals surface area contributed by atoms with Crippen molar-refractivity contribution in [3.63, 3.8) is 0 Å². The van der Waals surface area contributed by atoms with Gasteiger partial charge in [0.05, 0.1) is 18.2 Å². The van der Waals surface area contributed by atoms with E-state index in [1.807, 2.05) is 12.1 Å². The van der Waals surface area contributed by atoms with Crippen molar-refractivity contribution in [2.24, 2.45) is 0 Å². The molecule has 0 radical (unpaired) electrons. The van der Waals surface area contributed by atoms with Crippen LogP contribution < -0.4 is 14.2 Å². The summed E-state index contributed by atoms with van der Waals surface area (Å²) in [6, 6.07) is 19.4. The van der Waals surface area contributed by atoms with Crippen LogP contribution in [0.25, 0.3) is 6.08 Å². The maximum atomic E-state index is 12.7. The van der Waals surface area contributed by atoms with E-state index in [-0.39, 0.29) is 17.0 Å². The number of Topliss-reactive ketones (excluding diaryl/α,β-unsaturated/α-hetero) is 1. The second-order valence-electron chi connectivity index (χ2n) is 8.59. The first-order valence-corrected chi connectivity index (χ1v) is 10.3. The number of allylic oxidation sites excluding steroid dienone is 1. The van der Waals surface area contributed by atoms with Gasteiger partial charge in [-0.15, -0.1) is 0 Å². The number of hydrogen-bond acceptors (Lipinski definition) is 5. The molecule has 0 N–H and O–H groups in total. The van der Waals surface area contributed by atoms with Gasteiger partial charge in [-0.25, -0.2) is 4.79 Å². The Balaban J connectivity index is 1.50. The molecule has 0 amide bonds. The number of carbonyl (C=O) groups excluding carboxylic acids is 2. The van der Waals surface area contributed by atoms with E-state index in [0.717, 1.165) is 5.56 Å². The number of methoxy groups -OCH3 is 1. The van der Waals surface area contributed by atoms with Crippen LogP contribution in [0.15, 0.2) is 72.5 Å². The van der Waals surface area contributed by atoms with Crippen molar-refractivity contribution in [3.05, 3.63) is 94.7 Å². The Bertz CT molecular complexity index is 1200. The average Bonchev–Trinajstić information content (AvgIpc) is 3.08. The quantitative estimate of drug-likeness (QED) is 0.297. The predicted octanol–water partition coefficient (Wildman–Crippen LogP) is 5.83. The van der Waals surface area contributed by atoms with E-state index in [1.165, 1.54) is 5.56 Å². The van der Waals surface area contributed by atoms with Crippen LogP contribution in [0.2, 0.25) is 0 Å². The Morgan fingerprint density at radius 2 is 1.56 bits per heavy atom. The molecule has 1 heterocycles. The van der Waals surface area contributed by atoms with Gasteiger partial charge >= 0.3 is 5.97 Å². The fraction of sp³-hybridized carbons (Fsp3) is 0.185. The molecule has 5 nitrogen and oxygen atoms in total. The van der Waals surface area contributed by atoms with Gasteiger partial charge in [0.15, 0.2) is 5.76 Å². The van der Waals surface area contributed by atoms with E-state index in [0.29, 0.717) is 28.4 Å². The second-order valence-corrected chi connectivity index (χ2v) is 8.59. The van der Waals surface area contributed by atoms with E-state index in [9.17, 15) is 9.59 Å². The zero-order chi connectivity index (χ0) is 22.9. The molecule has 3 aromatic carbocycles. The first-order chi connectivity index (χ1) is 15.2. The van der Waals surface area contributed by atoms with Crippen LogP contribution in [-0.2, 0) is 5.41 Å². The number of carbonyl (C=O) groups is 2. The minimum atomic E-state index is -0.508. The van der Waals surface area contributed by atoms with Crippen molar-refractivity contribution in [3.8, 4) is 17.2 Å². The highest BCUT2D eigenvalue weighted by atomic mass is 16.5. The van der Waals surface area contributed by atoms with Gasteiger partial charge in [0.1, 0.15) is 17.2 Å². The maximum absolute atomic E-state index is 12.7. The number of benzene rings is 3. The van der Waals surface area contributed by atoms with Crippen LogP contribution in [0, 0.1) is 0 Å². The molecule has 5 heteroatoms. The summed E-state index contributed by atoms with van der Waals surface area (Å²) >= 11 is 0. The summed E-state index contributed by atoms with van der Waals surface area (Å²) in [6.45, 7) is 6.46. The third-order valence-corrected chi connectivity index (χ3v) is 5.25. The monoisotopic (exact) mass is 428 g/mol. The molecule has 162 valence electrons. The molecule has 0 unspecified atom stereocenters. The van der Waals surface area contributed by atoms with Crippen LogP contribution in [0.4, 0.5) is 0 Å². The molecule has 0 saturated heterocycles. The molecule has 3 aromatic rings. The lowest BCUT2D eigenvalue weighted by Crippen LogP contribution is -2.10. The smallest absolute Gasteiger partial charge is 0.343 e. The predicted molar refractivity (Wildman–Crippen MR) is 122 cm³/mol. The third kappa shape index (κ3) is 4.42. The van der Waals surface area contributed by atoms with Crippen molar-refractivity contribution in [2.45, 2.75) is 26.2 Å². The molecule has 0 saturated carbocycles. The first kappa shape index (κ1) is 21.4. The second kappa shape index (κ2) is 8.35. The Labute approximate surface area is 187 Å². The lowest BCUT2D eigenvalue weighted by Gasteiger charge is -2.18. The Morgan fingerprint density at radius 3 is 2.19 bits per heavy atom. The minimum Gasteiger partial charge on any atom is -0.497 e. The molecule has 0 fully saturated rings. The first-order valence-electron chi connectivity index (χ1n) is 10.3. The van der Waals surface area contributed by atoms with Gasteiger partial charge in [-0.1, -0.05) is 45.0 Å². The molecule has 0 aliphatic carbocycles. The number of rotatable bonds is 4. The number of esters is 1. The lowest BCUT2D eigenvalue weighted by molar-refractivity contribution is 0.0734.